The number of rotatable bonds is 4. The lowest BCUT2D eigenvalue weighted by Crippen LogP contribution is -2.38. The second-order valence-corrected chi connectivity index (χ2v) is 7.19. The average Bonchev–Trinajstić information content (AvgIpc) is 2.79. The molecule has 114 valence electrons. The number of carbonyl (C=O) groups is 2. The minimum atomic E-state index is -0.811. The third-order valence-electron chi connectivity index (χ3n) is 3.88. The summed E-state index contributed by atoms with van der Waals surface area (Å²) in [5.41, 5.74) is 1.13. The lowest BCUT2D eigenvalue weighted by atomic mass is 10.0. The lowest BCUT2D eigenvalue weighted by molar-refractivity contribution is -0.142. The predicted molar refractivity (Wildman–Crippen MR) is 86.5 cm³/mol. The molecule has 21 heavy (non-hydrogen) atoms. The van der Waals surface area contributed by atoms with Gasteiger partial charge in [-0.3, -0.25) is 9.59 Å². The highest BCUT2D eigenvalue weighted by atomic mass is 79.9. The Morgan fingerprint density at radius 3 is 2.76 bits per heavy atom. The molecule has 1 N–H and O–H groups in total. The summed E-state index contributed by atoms with van der Waals surface area (Å²) in [6, 6.07) is 5.75. The van der Waals surface area contributed by atoms with E-state index >= 15 is 0 Å². The highest BCUT2D eigenvalue weighted by molar-refractivity contribution is 9.10. The largest absolute Gasteiger partial charge is 0.481 e. The number of nitrogens with zero attached hydrogens (tertiary/aromatic N) is 1. The minimum absolute atomic E-state index is 0.0126. The Hall–Kier alpha value is -1.01. The maximum atomic E-state index is 12.3. The fraction of sp³-hybridized carbons (Fsp3) is 0.467. The first-order valence-corrected chi connectivity index (χ1v) is 8.59. The number of hydrogen-bond donors (Lipinski definition) is 1. The molecular weight excluding hydrogens is 354 g/mol. The maximum Gasteiger partial charge on any atom is 0.308 e. The van der Waals surface area contributed by atoms with Crippen molar-refractivity contribution in [1.29, 1.82) is 0 Å². The quantitative estimate of drug-likeness (QED) is 0.825. The highest BCUT2D eigenvalue weighted by Gasteiger charge is 2.37. The number of hydrogen-bond acceptors (Lipinski definition) is 3. The zero-order chi connectivity index (χ0) is 15.6. The van der Waals surface area contributed by atoms with Crippen LogP contribution in [0.15, 0.2) is 27.6 Å². The van der Waals surface area contributed by atoms with Crippen molar-refractivity contribution in [1.82, 2.24) is 4.90 Å². The maximum absolute atomic E-state index is 12.3. The van der Waals surface area contributed by atoms with Crippen molar-refractivity contribution in [2.75, 3.05) is 12.3 Å². The van der Waals surface area contributed by atoms with Gasteiger partial charge >= 0.3 is 5.97 Å². The predicted octanol–water partition coefficient (Wildman–Crippen LogP) is 3.17. The summed E-state index contributed by atoms with van der Waals surface area (Å²) in [6.45, 7) is 4.37. The number of likely N-dealkylation sites (tertiary alicyclic amines) is 1. The van der Waals surface area contributed by atoms with Crippen molar-refractivity contribution in [3.8, 4) is 0 Å². The molecular formula is C15H18BrNO3S. The van der Waals surface area contributed by atoms with Gasteiger partial charge in [-0.1, -0.05) is 15.9 Å². The topological polar surface area (TPSA) is 57.6 Å². The standard InChI is InChI=1S/C15H18BrNO3S/c1-9-7-11(16)3-4-13(9)21-8-14(18)17-6-5-12(10(17)2)15(19)20/h3-4,7,10,12H,5-6,8H2,1-2H3,(H,19,20). The average molecular weight is 372 g/mol. The minimum Gasteiger partial charge on any atom is -0.481 e. The Labute approximate surface area is 137 Å². The third kappa shape index (κ3) is 3.80. The van der Waals surface area contributed by atoms with Gasteiger partial charge in [0.2, 0.25) is 5.91 Å². The molecule has 4 nitrogen and oxygen atoms in total. The van der Waals surface area contributed by atoms with Crippen molar-refractivity contribution >= 4 is 39.6 Å². The number of halogens is 1. The second kappa shape index (κ2) is 6.83. The molecule has 1 saturated heterocycles. The normalized spacial score (nSPS) is 21.6. The molecule has 0 aliphatic carbocycles. The molecule has 1 aromatic rings. The molecule has 0 radical (unpaired) electrons. The summed E-state index contributed by atoms with van der Waals surface area (Å²) in [4.78, 5) is 26.1. The summed E-state index contributed by atoms with van der Waals surface area (Å²) < 4.78 is 1.02. The van der Waals surface area contributed by atoms with Crippen molar-refractivity contribution < 1.29 is 14.7 Å². The second-order valence-electron chi connectivity index (χ2n) is 5.26. The molecule has 1 aliphatic heterocycles. The van der Waals surface area contributed by atoms with Gasteiger partial charge in [0, 0.05) is 22.0 Å². The van der Waals surface area contributed by atoms with E-state index in [1.165, 1.54) is 11.8 Å². The van der Waals surface area contributed by atoms with Gasteiger partial charge in [0.25, 0.3) is 0 Å². The fourth-order valence-electron chi connectivity index (χ4n) is 2.62. The number of carboxylic acid groups (broad SMARTS) is 1. The van der Waals surface area contributed by atoms with Crippen LogP contribution in [0, 0.1) is 12.8 Å². The van der Waals surface area contributed by atoms with Gasteiger partial charge in [-0.25, -0.2) is 0 Å². The first kappa shape index (κ1) is 16.4. The monoisotopic (exact) mass is 371 g/mol. The zero-order valence-corrected chi connectivity index (χ0v) is 14.4. The number of amides is 1. The summed E-state index contributed by atoms with van der Waals surface area (Å²) in [5, 5.41) is 9.11. The van der Waals surface area contributed by atoms with Crippen LogP contribution in [-0.2, 0) is 9.59 Å². The zero-order valence-electron chi connectivity index (χ0n) is 12.0. The number of benzene rings is 1. The first-order valence-electron chi connectivity index (χ1n) is 6.81. The third-order valence-corrected chi connectivity index (χ3v) is 5.53. The van der Waals surface area contributed by atoms with Crippen LogP contribution in [0.1, 0.15) is 18.9 Å². The molecule has 1 aliphatic rings. The Morgan fingerprint density at radius 1 is 1.48 bits per heavy atom. The van der Waals surface area contributed by atoms with Gasteiger partial charge in [0.1, 0.15) is 0 Å². The van der Waals surface area contributed by atoms with Crippen molar-refractivity contribution in [3.63, 3.8) is 0 Å². The van der Waals surface area contributed by atoms with Crippen LogP contribution in [0.5, 0.6) is 0 Å². The van der Waals surface area contributed by atoms with Gasteiger partial charge in [-0.05, 0) is 44.0 Å². The van der Waals surface area contributed by atoms with Gasteiger partial charge in [0.05, 0.1) is 11.7 Å². The summed E-state index contributed by atoms with van der Waals surface area (Å²) in [6.07, 6.45) is 0.546. The number of thioether (sulfide) groups is 1. The van der Waals surface area contributed by atoms with E-state index in [1.54, 1.807) is 4.90 Å². The molecule has 0 spiro atoms. The SMILES string of the molecule is Cc1cc(Br)ccc1SCC(=O)N1CCC(C(=O)O)C1C. The molecule has 1 aromatic carbocycles. The van der Waals surface area contributed by atoms with Gasteiger partial charge in [0.15, 0.2) is 0 Å². The summed E-state index contributed by atoms with van der Waals surface area (Å²) >= 11 is 4.92. The Morgan fingerprint density at radius 2 is 2.19 bits per heavy atom. The van der Waals surface area contributed by atoms with Crippen LogP contribution in [-0.4, -0.2) is 40.2 Å². The van der Waals surface area contributed by atoms with Crippen LogP contribution in [0.2, 0.25) is 0 Å². The number of carbonyl (C=O) groups excluding carboxylic acids is 1. The molecule has 2 rings (SSSR count). The Kier molecular flexibility index (Phi) is 5.32. The van der Waals surface area contributed by atoms with Crippen molar-refractivity contribution in [2.45, 2.75) is 31.2 Å². The van der Waals surface area contributed by atoms with E-state index in [-0.39, 0.29) is 11.9 Å². The van der Waals surface area contributed by atoms with E-state index in [2.05, 4.69) is 15.9 Å². The summed E-state index contributed by atoms with van der Waals surface area (Å²) in [7, 11) is 0. The molecule has 1 fully saturated rings. The van der Waals surface area contributed by atoms with E-state index < -0.39 is 11.9 Å². The number of carboxylic acids is 1. The smallest absolute Gasteiger partial charge is 0.308 e. The summed E-state index contributed by atoms with van der Waals surface area (Å²) in [5.74, 6) is -0.889. The first-order chi connectivity index (χ1) is 9.90. The van der Waals surface area contributed by atoms with E-state index in [1.807, 2.05) is 32.0 Å². The lowest BCUT2D eigenvalue weighted by Gasteiger charge is -2.23. The Balaban J connectivity index is 1.95. The van der Waals surface area contributed by atoms with E-state index in [9.17, 15) is 9.59 Å². The molecule has 6 heteroatoms. The van der Waals surface area contributed by atoms with Crippen molar-refractivity contribution in [2.24, 2.45) is 5.92 Å². The molecule has 0 bridgehead atoms. The molecule has 0 aromatic heterocycles. The van der Waals surface area contributed by atoms with Crippen LogP contribution >= 0.6 is 27.7 Å². The van der Waals surface area contributed by atoms with Gasteiger partial charge < -0.3 is 10.0 Å². The van der Waals surface area contributed by atoms with Crippen LogP contribution in [0.3, 0.4) is 0 Å². The van der Waals surface area contributed by atoms with Crippen molar-refractivity contribution in [3.05, 3.63) is 28.2 Å². The molecule has 0 saturated carbocycles. The Bertz CT molecular complexity index is 564. The number of aliphatic carboxylic acids is 1. The van der Waals surface area contributed by atoms with E-state index in [0.29, 0.717) is 18.7 Å². The molecule has 1 heterocycles. The molecule has 1 amide bonds. The molecule has 2 atom stereocenters. The number of aryl methyl sites for hydroxylation is 1. The fourth-order valence-corrected chi connectivity index (χ4v) is 3.99. The van der Waals surface area contributed by atoms with E-state index in [4.69, 9.17) is 5.11 Å². The van der Waals surface area contributed by atoms with Crippen LogP contribution in [0.4, 0.5) is 0 Å². The van der Waals surface area contributed by atoms with Gasteiger partial charge in [-0.15, -0.1) is 11.8 Å². The van der Waals surface area contributed by atoms with E-state index in [0.717, 1.165) is 14.9 Å². The molecule has 2 unspecified atom stereocenters. The van der Waals surface area contributed by atoms with Gasteiger partial charge in [-0.2, -0.15) is 0 Å². The highest BCUT2D eigenvalue weighted by Crippen LogP contribution is 2.28. The van der Waals surface area contributed by atoms with Crippen LogP contribution in [0.25, 0.3) is 0 Å². The van der Waals surface area contributed by atoms with Crippen LogP contribution < -0.4 is 0 Å².